The van der Waals surface area contributed by atoms with Crippen LogP contribution in [0, 0.1) is 17.9 Å². The lowest BCUT2D eigenvalue weighted by Crippen LogP contribution is -2.44. The molecule has 0 N–H and O–H groups in total. The first-order chi connectivity index (χ1) is 26.1. The van der Waals surface area contributed by atoms with Gasteiger partial charge in [-0.25, -0.2) is 4.40 Å². The van der Waals surface area contributed by atoms with Gasteiger partial charge in [0.05, 0.1) is 21.8 Å². The standard InChI is InChI=1S/C48H43N5O2/c1-44(2,3)24-17-27-38-28(18-24)40(55)37-26-20-30-32(48(7)15-11-46(30,5)12-16-48)22-34(26)52-41(50-8)35(23-49)51-33-21-31-29(45(4)9-13-47(31,6)14-10-45)19-25(33)36(39(27)54)42(51)53(38)43(37)52/h17-22H,9-16H2,1-7H3. The van der Waals surface area contributed by atoms with Crippen LogP contribution in [0.1, 0.15) is 133 Å². The highest BCUT2D eigenvalue weighted by atomic mass is 16.1. The molecule has 0 atom stereocenters. The minimum absolute atomic E-state index is 0.00369. The average Bonchev–Trinajstić information content (AvgIpc) is 3.62. The molecule has 2 fully saturated rings. The zero-order chi connectivity index (χ0) is 38.1. The summed E-state index contributed by atoms with van der Waals surface area (Å²) in [5, 5.41) is 15.0. The van der Waals surface area contributed by atoms with E-state index in [4.69, 9.17) is 6.57 Å². The maximum Gasteiger partial charge on any atom is 0.271 e. The van der Waals surface area contributed by atoms with Gasteiger partial charge in [0, 0.05) is 21.5 Å². The Morgan fingerprint density at radius 2 is 1.02 bits per heavy atom. The average molecular weight is 722 g/mol. The minimum Gasteiger partial charge on any atom is -0.361 e. The van der Waals surface area contributed by atoms with E-state index in [0.29, 0.717) is 38.4 Å². The Labute approximate surface area is 318 Å². The SMILES string of the molecule is [C-]#[N+]c1c(C#N)n2c3cc4c(cc3c3c(=O)c5cc(C(C)(C)C)cc6c(=O)c7c8cc9c(cc8n1c7n(c56)c32)C1(C)CCC9(C)CC1)C1(C)CCC4(C)CC1. The third-order valence-corrected chi connectivity index (χ3v) is 16.1. The fourth-order valence-corrected chi connectivity index (χ4v) is 12.4. The molecule has 0 aliphatic heterocycles. The lowest BCUT2D eigenvalue weighted by atomic mass is 9.52. The molecule has 7 heteroatoms. The van der Waals surface area contributed by atoms with E-state index >= 15 is 9.59 Å². The summed E-state index contributed by atoms with van der Waals surface area (Å²) in [6.07, 6.45) is 8.79. The highest BCUT2D eigenvalue weighted by molar-refractivity contribution is 6.19. The first-order valence-corrected chi connectivity index (χ1v) is 20.1. The van der Waals surface area contributed by atoms with Gasteiger partial charge in [0.1, 0.15) is 22.9 Å². The Morgan fingerprint density at radius 1 is 0.618 bits per heavy atom. The predicted octanol–water partition coefficient (Wildman–Crippen LogP) is 10.6. The van der Waals surface area contributed by atoms with Gasteiger partial charge in [-0.05, 0) is 143 Å². The Balaban J connectivity index is 1.44. The first-order valence-electron chi connectivity index (χ1n) is 20.1. The molecule has 5 heterocycles. The molecule has 2 saturated carbocycles. The number of pyridine rings is 2. The molecule has 0 amide bonds. The van der Waals surface area contributed by atoms with Gasteiger partial charge in [-0.1, -0.05) is 55.0 Å². The van der Waals surface area contributed by atoms with Crippen molar-refractivity contribution in [3.05, 3.63) is 102 Å². The lowest BCUT2D eigenvalue weighted by Gasteiger charge is -2.52. The van der Waals surface area contributed by atoms with Crippen LogP contribution in [0.25, 0.3) is 65.0 Å². The van der Waals surface area contributed by atoms with Gasteiger partial charge < -0.3 is 4.85 Å². The van der Waals surface area contributed by atoms with Gasteiger partial charge in [0.25, 0.3) is 5.82 Å². The molecule has 8 aromatic rings. The van der Waals surface area contributed by atoms with Crippen molar-refractivity contribution in [1.29, 1.82) is 5.26 Å². The normalized spacial score (nSPS) is 27.4. The molecule has 5 aromatic heterocycles. The van der Waals surface area contributed by atoms with Crippen molar-refractivity contribution in [3.8, 4) is 6.07 Å². The summed E-state index contributed by atoms with van der Waals surface area (Å²) in [5.41, 5.74) is 8.98. The summed E-state index contributed by atoms with van der Waals surface area (Å²) < 4.78 is 5.93. The highest BCUT2D eigenvalue weighted by Crippen LogP contribution is 2.59. The van der Waals surface area contributed by atoms with Crippen LogP contribution in [0.15, 0.2) is 46.0 Å². The second-order valence-corrected chi connectivity index (χ2v) is 20.2. The molecule has 0 radical (unpaired) electrons. The number of aromatic nitrogens is 3. The summed E-state index contributed by atoms with van der Waals surface area (Å²) in [6, 6.07) is 15.5. The number of nitrogens with zero attached hydrogens (tertiary/aromatic N) is 5. The van der Waals surface area contributed by atoms with Crippen LogP contribution in [-0.4, -0.2) is 13.2 Å². The highest BCUT2D eigenvalue weighted by Gasteiger charge is 2.50. The molecule has 4 bridgehead atoms. The van der Waals surface area contributed by atoms with Gasteiger partial charge >= 0.3 is 0 Å². The molecule has 14 rings (SSSR count). The van der Waals surface area contributed by atoms with E-state index in [0.717, 1.165) is 78.7 Å². The van der Waals surface area contributed by atoms with Gasteiger partial charge in [-0.15, -0.1) is 0 Å². The summed E-state index contributed by atoms with van der Waals surface area (Å²) in [6.45, 7) is 24.7. The summed E-state index contributed by atoms with van der Waals surface area (Å²) in [5.74, 6) is 0.161. The van der Waals surface area contributed by atoms with Crippen molar-refractivity contribution in [2.45, 2.75) is 127 Å². The van der Waals surface area contributed by atoms with E-state index in [-0.39, 0.29) is 49.4 Å². The molecule has 0 spiro atoms. The number of rotatable bonds is 0. The summed E-state index contributed by atoms with van der Waals surface area (Å²) >= 11 is 0. The van der Waals surface area contributed by atoms with Crippen molar-refractivity contribution in [2.75, 3.05) is 0 Å². The molecule has 3 aromatic carbocycles. The number of hydrogen-bond donors (Lipinski definition) is 0. The Morgan fingerprint density at radius 3 is 1.42 bits per heavy atom. The summed E-state index contributed by atoms with van der Waals surface area (Å²) in [7, 11) is 0. The van der Waals surface area contributed by atoms with Gasteiger partial charge in [-0.3, -0.25) is 18.4 Å². The van der Waals surface area contributed by atoms with Gasteiger partial charge in [0.2, 0.25) is 11.1 Å². The van der Waals surface area contributed by atoms with Crippen molar-refractivity contribution in [3.63, 3.8) is 0 Å². The van der Waals surface area contributed by atoms with E-state index in [1.807, 2.05) is 20.9 Å². The van der Waals surface area contributed by atoms with Crippen LogP contribution in [0.5, 0.6) is 0 Å². The second-order valence-electron chi connectivity index (χ2n) is 20.2. The summed E-state index contributed by atoms with van der Waals surface area (Å²) in [4.78, 5) is 35.0. The van der Waals surface area contributed by atoms with Gasteiger partial charge in [0.15, 0.2) is 5.43 Å². The Hall–Kier alpha value is -5.40. The van der Waals surface area contributed by atoms with Gasteiger partial charge in [-0.2, -0.15) is 5.26 Å². The second kappa shape index (κ2) is 9.17. The Bertz CT molecular complexity index is 3160. The van der Waals surface area contributed by atoms with Crippen LogP contribution in [0.3, 0.4) is 0 Å². The molecular formula is C48H43N5O2. The van der Waals surface area contributed by atoms with Crippen LogP contribution in [-0.2, 0) is 27.1 Å². The maximum absolute atomic E-state index is 15.4. The van der Waals surface area contributed by atoms with Crippen LogP contribution < -0.4 is 10.9 Å². The maximum atomic E-state index is 15.4. The quantitative estimate of drug-likeness (QED) is 0.146. The van der Waals surface area contributed by atoms with Crippen molar-refractivity contribution < 1.29 is 0 Å². The molecule has 7 nitrogen and oxygen atoms in total. The fraction of sp³-hybridized carbons (Fsp3) is 0.417. The fourth-order valence-electron chi connectivity index (χ4n) is 12.4. The van der Waals surface area contributed by atoms with Crippen LogP contribution in [0.4, 0.5) is 5.82 Å². The van der Waals surface area contributed by atoms with E-state index in [1.165, 1.54) is 22.3 Å². The molecule has 6 aliphatic carbocycles. The molecule has 272 valence electrons. The monoisotopic (exact) mass is 721 g/mol. The first kappa shape index (κ1) is 31.9. The van der Waals surface area contributed by atoms with Crippen LogP contribution in [0.2, 0.25) is 0 Å². The van der Waals surface area contributed by atoms with E-state index in [2.05, 4.69) is 88.0 Å². The van der Waals surface area contributed by atoms with E-state index in [9.17, 15) is 5.26 Å². The van der Waals surface area contributed by atoms with Crippen LogP contribution >= 0.6 is 0 Å². The molecule has 6 aliphatic rings. The van der Waals surface area contributed by atoms with Crippen molar-refractivity contribution in [1.82, 2.24) is 13.2 Å². The zero-order valence-electron chi connectivity index (χ0n) is 32.7. The number of nitriles is 1. The lowest BCUT2D eigenvalue weighted by molar-refractivity contribution is 0.188. The van der Waals surface area contributed by atoms with E-state index in [1.54, 1.807) is 0 Å². The third-order valence-electron chi connectivity index (χ3n) is 16.1. The molecule has 0 saturated heterocycles. The topological polar surface area (TPSA) is 75.5 Å². The smallest absolute Gasteiger partial charge is 0.271 e. The Kier molecular flexibility index (Phi) is 5.32. The van der Waals surface area contributed by atoms with Crippen molar-refractivity contribution in [2.24, 2.45) is 0 Å². The number of fused-ring (bicyclic) bond motifs is 10. The van der Waals surface area contributed by atoms with E-state index < -0.39 is 0 Å². The molecule has 0 unspecified atom stereocenters. The van der Waals surface area contributed by atoms with Crippen molar-refractivity contribution >= 4 is 66.0 Å². The molecular weight excluding hydrogens is 679 g/mol. The molecule has 55 heavy (non-hydrogen) atoms. The predicted molar refractivity (Wildman–Crippen MR) is 220 cm³/mol. The zero-order valence-corrected chi connectivity index (χ0v) is 32.7. The number of hydrogen-bond acceptors (Lipinski definition) is 3. The third kappa shape index (κ3) is 3.38. The number of benzene rings is 3. The largest absolute Gasteiger partial charge is 0.361 e. The minimum atomic E-state index is -0.328.